The van der Waals surface area contributed by atoms with E-state index >= 15 is 0 Å². The molecule has 148 valence electrons. The number of rotatable bonds is 4. The molecular weight excluding hydrogens is 410 g/mol. The van der Waals surface area contributed by atoms with Crippen molar-refractivity contribution in [1.29, 1.82) is 0 Å². The smallest absolute Gasteiger partial charge is 0.252 e. The zero-order valence-electron chi connectivity index (χ0n) is 16.2. The molecule has 0 amide bonds. The molecule has 28 heavy (non-hydrogen) atoms. The van der Waals surface area contributed by atoms with Crippen LogP contribution in [0.1, 0.15) is 16.1 Å². The van der Waals surface area contributed by atoms with E-state index in [1.54, 1.807) is 21.7 Å². The van der Waals surface area contributed by atoms with Crippen molar-refractivity contribution < 1.29 is 8.42 Å². The van der Waals surface area contributed by atoms with E-state index in [9.17, 15) is 8.42 Å². The lowest BCUT2D eigenvalue weighted by molar-refractivity contribution is 0.386. The number of para-hydroxylation sites is 1. The molecule has 3 heterocycles. The van der Waals surface area contributed by atoms with Gasteiger partial charge in [0.2, 0.25) is 0 Å². The zero-order chi connectivity index (χ0) is 19.9. The van der Waals surface area contributed by atoms with Crippen LogP contribution in [0.5, 0.6) is 0 Å². The van der Waals surface area contributed by atoms with Crippen LogP contribution in [0.3, 0.4) is 0 Å². The van der Waals surface area contributed by atoms with Crippen molar-refractivity contribution in [1.82, 2.24) is 9.29 Å². The van der Waals surface area contributed by atoms with E-state index in [2.05, 4.69) is 28.9 Å². The number of sulfonamides is 1. The number of aromatic nitrogens is 1. The molecule has 0 spiro atoms. The molecule has 5 nitrogen and oxygen atoms in total. The number of hydrogen-bond donors (Lipinski definition) is 0. The van der Waals surface area contributed by atoms with Gasteiger partial charge >= 0.3 is 0 Å². The van der Waals surface area contributed by atoms with E-state index in [1.165, 1.54) is 22.6 Å². The van der Waals surface area contributed by atoms with Crippen molar-refractivity contribution in [2.24, 2.45) is 0 Å². The monoisotopic (exact) mass is 433 g/mol. The van der Waals surface area contributed by atoms with Gasteiger partial charge in [-0.05, 0) is 38.5 Å². The van der Waals surface area contributed by atoms with Crippen molar-refractivity contribution >= 4 is 38.4 Å². The molecule has 1 aromatic carbocycles. The quantitative estimate of drug-likeness (QED) is 0.615. The first-order valence-electron chi connectivity index (χ1n) is 9.20. The third kappa shape index (κ3) is 3.61. The van der Waals surface area contributed by atoms with Crippen molar-refractivity contribution in [2.75, 3.05) is 31.1 Å². The summed E-state index contributed by atoms with van der Waals surface area (Å²) in [4.78, 5) is 7.98. The summed E-state index contributed by atoms with van der Waals surface area (Å²) in [6, 6.07) is 10.0. The minimum atomic E-state index is -3.47. The number of anilines is 1. The minimum absolute atomic E-state index is 0.400. The second kappa shape index (κ2) is 7.59. The van der Waals surface area contributed by atoms with Gasteiger partial charge in [-0.3, -0.25) is 0 Å². The predicted octanol–water partition coefficient (Wildman–Crippen LogP) is 4.31. The maximum atomic E-state index is 13.1. The average Bonchev–Trinajstić information content (AvgIpc) is 3.30. The van der Waals surface area contributed by atoms with Crippen LogP contribution < -0.4 is 4.90 Å². The Morgan fingerprint density at radius 3 is 2.39 bits per heavy atom. The molecule has 1 fully saturated rings. The van der Waals surface area contributed by atoms with Crippen LogP contribution in [0.25, 0.3) is 10.6 Å². The van der Waals surface area contributed by atoms with Crippen LogP contribution in [-0.2, 0) is 10.0 Å². The van der Waals surface area contributed by atoms with Gasteiger partial charge in [0.25, 0.3) is 10.0 Å². The lowest BCUT2D eigenvalue weighted by Crippen LogP contribution is -2.48. The highest BCUT2D eigenvalue weighted by Crippen LogP contribution is 2.34. The fraction of sp³-hybridized carbons (Fsp3) is 0.350. The summed E-state index contributed by atoms with van der Waals surface area (Å²) in [5, 5.41) is 2.78. The normalized spacial score (nSPS) is 15.9. The molecule has 4 rings (SSSR count). The first-order valence-corrected chi connectivity index (χ1v) is 12.3. The molecule has 0 unspecified atom stereocenters. The maximum absolute atomic E-state index is 13.1. The van der Waals surface area contributed by atoms with Gasteiger partial charge in [-0.1, -0.05) is 18.2 Å². The number of hydrogen-bond acceptors (Lipinski definition) is 6. The standard InChI is InChI=1S/C20H23N3O2S3/c1-14-6-4-5-7-18(14)22-8-10-23(11-9-22)28(24,25)19-12-17(13-26-19)20-21-15(2)16(3)27-20/h4-7,12-13H,8-11H2,1-3H3. The molecule has 0 radical (unpaired) electrons. The SMILES string of the molecule is Cc1ccccc1N1CCN(S(=O)(=O)c2cc(-c3nc(C)c(C)s3)cs2)CC1. The summed E-state index contributed by atoms with van der Waals surface area (Å²) in [6.45, 7) is 8.51. The number of piperazine rings is 1. The van der Waals surface area contributed by atoms with Gasteiger partial charge in [-0.15, -0.1) is 22.7 Å². The van der Waals surface area contributed by atoms with Gasteiger partial charge in [-0.25, -0.2) is 13.4 Å². The average molecular weight is 434 g/mol. The Hall–Kier alpha value is -1.74. The first kappa shape index (κ1) is 19.6. The summed E-state index contributed by atoms with van der Waals surface area (Å²) in [5.74, 6) is 0. The Kier molecular flexibility index (Phi) is 5.30. The highest BCUT2D eigenvalue weighted by atomic mass is 32.2. The second-order valence-electron chi connectivity index (χ2n) is 6.99. The molecule has 1 saturated heterocycles. The summed E-state index contributed by atoms with van der Waals surface area (Å²) >= 11 is 2.89. The molecule has 0 atom stereocenters. The summed E-state index contributed by atoms with van der Waals surface area (Å²) in [6.07, 6.45) is 0. The largest absolute Gasteiger partial charge is 0.369 e. The predicted molar refractivity (Wildman–Crippen MR) is 117 cm³/mol. The highest BCUT2D eigenvalue weighted by molar-refractivity contribution is 7.91. The number of nitrogens with zero attached hydrogens (tertiary/aromatic N) is 3. The first-order chi connectivity index (χ1) is 13.4. The Labute approximate surface area is 174 Å². The number of thiophene rings is 1. The van der Waals surface area contributed by atoms with Gasteiger partial charge in [0.15, 0.2) is 0 Å². The van der Waals surface area contributed by atoms with Crippen LogP contribution in [0.4, 0.5) is 5.69 Å². The lowest BCUT2D eigenvalue weighted by Gasteiger charge is -2.35. The number of aryl methyl sites for hydroxylation is 3. The molecule has 2 aromatic heterocycles. The lowest BCUT2D eigenvalue weighted by atomic mass is 10.1. The molecule has 0 saturated carbocycles. The van der Waals surface area contributed by atoms with Crippen LogP contribution >= 0.6 is 22.7 Å². The molecule has 0 bridgehead atoms. The van der Waals surface area contributed by atoms with Crippen molar-refractivity contribution in [3.05, 3.63) is 51.8 Å². The highest BCUT2D eigenvalue weighted by Gasteiger charge is 2.30. The Morgan fingerprint density at radius 1 is 1.04 bits per heavy atom. The fourth-order valence-corrected chi connectivity index (χ4v) is 7.09. The van der Waals surface area contributed by atoms with Crippen molar-refractivity contribution in [3.8, 4) is 10.6 Å². The van der Waals surface area contributed by atoms with Gasteiger partial charge in [0.05, 0.1) is 5.69 Å². The Bertz CT molecular complexity index is 1070. The molecule has 0 N–H and O–H groups in total. The topological polar surface area (TPSA) is 53.5 Å². The molecule has 1 aliphatic heterocycles. The van der Waals surface area contributed by atoms with Gasteiger partial charge in [-0.2, -0.15) is 4.31 Å². The molecule has 1 aliphatic rings. The van der Waals surface area contributed by atoms with Gasteiger partial charge < -0.3 is 4.90 Å². The van der Waals surface area contributed by atoms with Crippen LogP contribution in [0, 0.1) is 20.8 Å². The van der Waals surface area contributed by atoms with E-state index in [4.69, 9.17) is 0 Å². The third-order valence-corrected chi connectivity index (χ3v) is 9.58. The molecular formula is C20H23N3O2S3. The Balaban J connectivity index is 1.50. The van der Waals surface area contributed by atoms with Crippen molar-refractivity contribution in [3.63, 3.8) is 0 Å². The summed E-state index contributed by atoms with van der Waals surface area (Å²) in [7, 11) is -3.47. The second-order valence-corrected chi connectivity index (χ2v) is 11.3. The summed E-state index contributed by atoms with van der Waals surface area (Å²) in [5.41, 5.74) is 4.30. The maximum Gasteiger partial charge on any atom is 0.252 e. The van der Waals surface area contributed by atoms with E-state index in [1.807, 2.05) is 31.4 Å². The molecule has 0 aliphatic carbocycles. The number of benzene rings is 1. The molecule has 3 aromatic rings. The van der Waals surface area contributed by atoms with E-state index in [0.29, 0.717) is 30.4 Å². The van der Waals surface area contributed by atoms with E-state index < -0.39 is 10.0 Å². The van der Waals surface area contributed by atoms with Crippen LogP contribution in [0.2, 0.25) is 0 Å². The zero-order valence-corrected chi connectivity index (χ0v) is 18.6. The minimum Gasteiger partial charge on any atom is -0.369 e. The summed E-state index contributed by atoms with van der Waals surface area (Å²) < 4.78 is 28.2. The fourth-order valence-electron chi connectivity index (χ4n) is 3.38. The molecule has 8 heteroatoms. The van der Waals surface area contributed by atoms with Gasteiger partial charge in [0, 0.05) is 47.7 Å². The third-order valence-electron chi connectivity index (χ3n) is 5.14. The Morgan fingerprint density at radius 2 is 1.75 bits per heavy atom. The van der Waals surface area contributed by atoms with Crippen LogP contribution in [0.15, 0.2) is 39.9 Å². The van der Waals surface area contributed by atoms with Gasteiger partial charge in [0.1, 0.15) is 9.22 Å². The van der Waals surface area contributed by atoms with E-state index in [-0.39, 0.29) is 0 Å². The number of thiazole rings is 1. The van der Waals surface area contributed by atoms with Crippen molar-refractivity contribution in [2.45, 2.75) is 25.0 Å². The van der Waals surface area contributed by atoms with Crippen LogP contribution in [-0.4, -0.2) is 43.9 Å². The van der Waals surface area contributed by atoms with E-state index in [0.717, 1.165) is 21.1 Å².